The largest absolute Gasteiger partial charge is 0.337 e. The monoisotopic (exact) mass is 224 g/mol. The highest BCUT2D eigenvalue weighted by molar-refractivity contribution is 5.77. The molecular weight excluding hydrogens is 200 g/mol. The van der Waals surface area contributed by atoms with Crippen LogP contribution in [0.5, 0.6) is 0 Å². The lowest BCUT2D eigenvalue weighted by Gasteiger charge is -2.38. The van der Waals surface area contributed by atoms with E-state index in [4.69, 9.17) is 0 Å². The van der Waals surface area contributed by atoms with Gasteiger partial charge in [0.2, 0.25) is 5.91 Å². The second-order valence-corrected chi connectivity index (χ2v) is 5.56. The third kappa shape index (κ3) is 2.76. The van der Waals surface area contributed by atoms with Crippen molar-refractivity contribution in [3.8, 4) is 0 Å². The van der Waals surface area contributed by atoms with Crippen LogP contribution in [0.1, 0.15) is 46.0 Å². The van der Waals surface area contributed by atoms with Gasteiger partial charge in [0.05, 0.1) is 0 Å². The van der Waals surface area contributed by atoms with Crippen molar-refractivity contribution in [1.29, 1.82) is 0 Å². The van der Waals surface area contributed by atoms with Crippen LogP contribution < -0.4 is 5.32 Å². The van der Waals surface area contributed by atoms with E-state index >= 15 is 0 Å². The Bertz CT molecular complexity index is 248. The fraction of sp³-hybridized carbons (Fsp3) is 0.923. The molecule has 2 aliphatic rings. The number of carbonyl (C=O) groups excluding carboxylic acids is 1. The van der Waals surface area contributed by atoms with Gasteiger partial charge in [-0.15, -0.1) is 0 Å². The van der Waals surface area contributed by atoms with Gasteiger partial charge < -0.3 is 10.2 Å². The van der Waals surface area contributed by atoms with E-state index in [1.165, 1.54) is 25.7 Å². The minimum absolute atomic E-state index is 0.366. The van der Waals surface area contributed by atoms with Crippen LogP contribution in [-0.4, -0.2) is 36.0 Å². The van der Waals surface area contributed by atoms with Gasteiger partial charge >= 0.3 is 0 Å². The summed E-state index contributed by atoms with van der Waals surface area (Å²) in [5, 5.41) is 3.42. The molecule has 2 fully saturated rings. The number of hydrogen-bond donors (Lipinski definition) is 1. The molecule has 0 aromatic rings. The number of nitrogens with zero attached hydrogens (tertiary/aromatic N) is 1. The highest BCUT2D eigenvalue weighted by Gasteiger charge is 2.28. The van der Waals surface area contributed by atoms with Crippen LogP contribution in [-0.2, 0) is 4.79 Å². The van der Waals surface area contributed by atoms with Crippen LogP contribution in [0.2, 0.25) is 0 Å². The minimum Gasteiger partial charge on any atom is -0.337 e. The number of piperazine rings is 1. The van der Waals surface area contributed by atoms with E-state index < -0.39 is 0 Å². The molecule has 3 heteroatoms. The molecule has 2 rings (SSSR count). The van der Waals surface area contributed by atoms with Crippen LogP contribution in [0.4, 0.5) is 0 Å². The summed E-state index contributed by atoms with van der Waals surface area (Å²) in [6, 6.07) is 0.814. The van der Waals surface area contributed by atoms with Gasteiger partial charge in [-0.25, -0.2) is 0 Å². The molecule has 2 atom stereocenters. The third-order valence-electron chi connectivity index (χ3n) is 4.02. The topological polar surface area (TPSA) is 32.3 Å². The highest BCUT2D eigenvalue weighted by Crippen LogP contribution is 2.28. The Morgan fingerprint density at radius 1 is 1.31 bits per heavy atom. The van der Waals surface area contributed by atoms with E-state index in [1.54, 1.807) is 0 Å². The second kappa shape index (κ2) is 5.17. The van der Waals surface area contributed by atoms with E-state index in [2.05, 4.69) is 24.1 Å². The molecule has 1 N–H and O–H groups in total. The van der Waals surface area contributed by atoms with Crippen LogP contribution in [0.3, 0.4) is 0 Å². The molecule has 1 aliphatic carbocycles. The summed E-state index contributed by atoms with van der Waals surface area (Å²) in [5.41, 5.74) is 0. The zero-order valence-electron chi connectivity index (χ0n) is 10.5. The summed E-state index contributed by atoms with van der Waals surface area (Å²) in [5.74, 6) is 1.05. The molecule has 1 heterocycles. The summed E-state index contributed by atoms with van der Waals surface area (Å²) in [7, 11) is 0. The third-order valence-corrected chi connectivity index (χ3v) is 4.02. The summed E-state index contributed by atoms with van der Waals surface area (Å²) < 4.78 is 0. The second-order valence-electron chi connectivity index (χ2n) is 5.56. The van der Waals surface area contributed by atoms with Gasteiger partial charge in [-0.3, -0.25) is 4.79 Å². The van der Waals surface area contributed by atoms with Crippen molar-refractivity contribution in [3.05, 3.63) is 0 Å². The molecule has 92 valence electrons. The average Bonchev–Trinajstić information content (AvgIpc) is 2.74. The van der Waals surface area contributed by atoms with Crippen molar-refractivity contribution in [2.45, 2.75) is 58.0 Å². The fourth-order valence-electron chi connectivity index (χ4n) is 2.95. The van der Waals surface area contributed by atoms with Gasteiger partial charge in [0.15, 0.2) is 0 Å². The molecule has 1 saturated heterocycles. The zero-order valence-corrected chi connectivity index (χ0v) is 10.5. The number of rotatable bonds is 2. The van der Waals surface area contributed by atoms with Crippen LogP contribution in [0, 0.1) is 5.92 Å². The normalized spacial score (nSPS) is 32.0. The average molecular weight is 224 g/mol. The molecule has 3 nitrogen and oxygen atoms in total. The van der Waals surface area contributed by atoms with Gasteiger partial charge in [0.25, 0.3) is 0 Å². The van der Waals surface area contributed by atoms with Gasteiger partial charge in [-0.05, 0) is 32.6 Å². The van der Waals surface area contributed by atoms with Crippen molar-refractivity contribution in [2.75, 3.05) is 13.1 Å². The molecule has 0 radical (unpaired) electrons. The van der Waals surface area contributed by atoms with E-state index in [0.29, 0.717) is 23.9 Å². The molecule has 0 aromatic carbocycles. The number of amides is 1. The molecule has 1 saturated carbocycles. The van der Waals surface area contributed by atoms with E-state index in [-0.39, 0.29) is 0 Å². The first-order valence-corrected chi connectivity index (χ1v) is 6.69. The first-order chi connectivity index (χ1) is 7.66. The molecule has 0 spiro atoms. The van der Waals surface area contributed by atoms with Crippen molar-refractivity contribution in [1.82, 2.24) is 10.2 Å². The zero-order chi connectivity index (χ0) is 11.5. The maximum Gasteiger partial charge on any atom is 0.223 e. The SMILES string of the molecule is CC1CN(C(=O)CC2CCCC2)C(C)CN1. The van der Waals surface area contributed by atoms with Crippen molar-refractivity contribution < 1.29 is 4.79 Å². The van der Waals surface area contributed by atoms with Crippen LogP contribution >= 0.6 is 0 Å². The molecule has 0 aromatic heterocycles. The number of hydrogen-bond acceptors (Lipinski definition) is 2. The molecule has 2 unspecified atom stereocenters. The van der Waals surface area contributed by atoms with Crippen molar-refractivity contribution in [2.24, 2.45) is 5.92 Å². The lowest BCUT2D eigenvalue weighted by atomic mass is 10.0. The van der Waals surface area contributed by atoms with Crippen molar-refractivity contribution in [3.63, 3.8) is 0 Å². The summed E-state index contributed by atoms with van der Waals surface area (Å²) in [6.07, 6.45) is 5.97. The Kier molecular flexibility index (Phi) is 3.85. The van der Waals surface area contributed by atoms with Gasteiger partial charge in [-0.1, -0.05) is 12.8 Å². The Hall–Kier alpha value is -0.570. The Balaban J connectivity index is 1.86. The molecular formula is C13H24N2O. The van der Waals surface area contributed by atoms with Gasteiger partial charge in [0.1, 0.15) is 0 Å². The molecule has 1 amide bonds. The van der Waals surface area contributed by atoms with Crippen LogP contribution in [0.15, 0.2) is 0 Å². The smallest absolute Gasteiger partial charge is 0.223 e. The number of nitrogens with one attached hydrogen (secondary N) is 1. The van der Waals surface area contributed by atoms with Gasteiger partial charge in [-0.2, -0.15) is 0 Å². The summed E-state index contributed by atoms with van der Waals surface area (Å²) >= 11 is 0. The first-order valence-electron chi connectivity index (χ1n) is 6.69. The highest BCUT2D eigenvalue weighted by atomic mass is 16.2. The maximum atomic E-state index is 12.2. The first kappa shape index (κ1) is 11.9. The fourth-order valence-corrected chi connectivity index (χ4v) is 2.95. The van der Waals surface area contributed by atoms with E-state index in [9.17, 15) is 4.79 Å². The Morgan fingerprint density at radius 3 is 2.69 bits per heavy atom. The predicted octanol–water partition coefficient (Wildman–Crippen LogP) is 1.78. The lowest BCUT2D eigenvalue weighted by Crippen LogP contribution is -2.56. The maximum absolute atomic E-state index is 12.2. The van der Waals surface area contributed by atoms with Gasteiger partial charge in [0, 0.05) is 31.6 Å². The predicted molar refractivity (Wildman–Crippen MR) is 65.2 cm³/mol. The van der Waals surface area contributed by atoms with E-state index in [1.807, 2.05) is 0 Å². The minimum atomic E-state index is 0.366. The Labute approximate surface area is 98.6 Å². The van der Waals surface area contributed by atoms with Crippen molar-refractivity contribution >= 4 is 5.91 Å². The summed E-state index contributed by atoms with van der Waals surface area (Å²) in [6.45, 7) is 6.12. The molecule has 1 aliphatic heterocycles. The lowest BCUT2D eigenvalue weighted by molar-refractivity contribution is -0.135. The molecule has 16 heavy (non-hydrogen) atoms. The molecule has 0 bridgehead atoms. The summed E-state index contributed by atoms with van der Waals surface area (Å²) in [4.78, 5) is 14.3. The standard InChI is InChI=1S/C13H24N2O/c1-10-9-15(11(2)8-14-10)13(16)7-12-5-3-4-6-12/h10-12,14H,3-9H2,1-2H3. The Morgan fingerprint density at radius 2 is 2.00 bits per heavy atom. The number of carbonyl (C=O) groups is 1. The quantitative estimate of drug-likeness (QED) is 0.775. The van der Waals surface area contributed by atoms with Crippen LogP contribution in [0.25, 0.3) is 0 Å². The van der Waals surface area contributed by atoms with E-state index in [0.717, 1.165) is 19.5 Å².